The number of hydrogen-bond acceptors (Lipinski definition) is 8. The molecule has 0 unspecified atom stereocenters. The number of hydrogen-bond donors (Lipinski definition) is 4. The average molecular weight is 647 g/mol. The Hall–Kier alpha value is -3.32. The minimum absolute atomic E-state index is 0.0789. The molecular weight excluding hydrogens is 600 g/mol. The molecule has 0 heterocycles. The van der Waals surface area contributed by atoms with Gasteiger partial charge in [-0.25, -0.2) is 17.5 Å². The number of rotatable bonds is 15. The van der Waals surface area contributed by atoms with Crippen LogP contribution < -0.4 is 16.4 Å². The molecule has 248 valence electrons. The van der Waals surface area contributed by atoms with E-state index in [-0.39, 0.29) is 17.9 Å². The minimum atomic E-state index is -4.22. The van der Waals surface area contributed by atoms with Gasteiger partial charge in [0.05, 0.1) is 16.4 Å². The number of carboxylic acids is 1. The lowest BCUT2D eigenvalue weighted by molar-refractivity contribution is -0.136. The lowest BCUT2D eigenvalue weighted by atomic mass is 9.56. The van der Waals surface area contributed by atoms with E-state index in [1.54, 1.807) is 13.8 Å². The van der Waals surface area contributed by atoms with Crippen LogP contribution in [-0.4, -0.2) is 77.2 Å². The molecule has 4 aliphatic rings. The summed E-state index contributed by atoms with van der Waals surface area (Å²) in [5.74, 6) is -2.41. The number of nitrogens with zero attached hydrogens (tertiary/aromatic N) is 1. The molecule has 1 aromatic carbocycles. The monoisotopic (exact) mass is 646 g/mol. The van der Waals surface area contributed by atoms with Crippen LogP contribution in [0.1, 0.15) is 99.3 Å². The fourth-order valence-corrected chi connectivity index (χ4v) is 10.5. The zero-order valence-corrected chi connectivity index (χ0v) is 27.1. The first-order valence-electron chi connectivity index (χ1n) is 15.9. The van der Waals surface area contributed by atoms with E-state index < -0.39 is 56.6 Å². The van der Waals surface area contributed by atoms with Gasteiger partial charge < -0.3 is 26.3 Å². The van der Waals surface area contributed by atoms with E-state index in [4.69, 9.17) is 10.8 Å². The summed E-state index contributed by atoms with van der Waals surface area (Å²) in [7, 11) is -4.22. The Labute approximate surface area is 264 Å². The molecule has 0 spiro atoms. The Morgan fingerprint density at radius 3 is 2.00 bits per heavy atom. The highest BCUT2D eigenvalue weighted by Crippen LogP contribution is 2.59. The Morgan fingerprint density at radius 2 is 1.51 bits per heavy atom. The fraction of sp³-hybridized carbons (Fsp3) is 0.656. The number of sulfonamides is 1. The Kier molecular flexibility index (Phi) is 10.7. The number of aldehydes is 1. The predicted octanol–water partition coefficient (Wildman–Crippen LogP) is 2.47. The predicted molar refractivity (Wildman–Crippen MR) is 167 cm³/mol. The Bertz CT molecular complexity index is 1360. The third kappa shape index (κ3) is 7.40. The maximum Gasteiger partial charge on any atom is 0.335 e. The number of benzene rings is 1. The standard InChI is InChI=1S/C32H46N4O8S/c1-19(2)27(18-37)36(45(43,44)32-15-21-12-22(16-32)14-23(13-21)17-32)30(40)20(3)35-29(39)26(33)6-4-5-11-34-28(38)24-7-9-25(10-8-24)31(41)42/h7-10,18-23,26-27H,4-6,11-17,33H2,1-3H3,(H,34,38)(H,35,39)(H,41,42)/t20-,21?,22?,23?,26-,27+,32?/m0/s1. The number of carbonyl (C=O) groups excluding carboxylic acids is 4. The van der Waals surface area contributed by atoms with Crippen molar-refractivity contribution in [1.29, 1.82) is 0 Å². The number of carbonyl (C=O) groups is 5. The summed E-state index contributed by atoms with van der Waals surface area (Å²) in [6, 6.07) is 2.17. The van der Waals surface area contributed by atoms with Gasteiger partial charge in [0.1, 0.15) is 18.4 Å². The van der Waals surface area contributed by atoms with Crippen molar-refractivity contribution in [3.63, 3.8) is 0 Å². The van der Waals surface area contributed by atoms with E-state index in [9.17, 15) is 32.4 Å². The van der Waals surface area contributed by atoms with Gasteiger partial charge in [-0.05, 0) is 113 Å². The second-order valence-electron chi connectivity index (χ2n) is 13.6. The summed E-state index contributed by atoms with van der Waals surface area (Å²) >= 11 is 0. The molecule has 13 heteroatoms. The van der Waals surface area contributed by atoms with E-state index in [1.165, 1.54) is 31.2 Å². The topological polar surface area (TPSA) is 193 Å². The summed E-state index contributed by atoms with van der Waals surface area (Å²) in [6.07, 6.45) is 6.32. The summed E-state index contributed by atoms with van der Waals surface area (Å²) in [5, 5.41) is 14.3. The fourth-order valence-electron chi connectivity index (χ4n) is 7.73. The molecule has 12 nitrogen and oxygen atoms in total. The van der Waals surface area contributed by atoms with Crippen molar-refractivity contribution >= 4 is 40.0 Å². The van der Waals surface area contributed by atoms with Crippen LogP contribution in [0.15, 0.2) is 24.3 Å². The molecule has 4 bridgehead atoms. The maximum absolute atomic E-state index is 14.4. The number of amides is 3. The van der Waals surface area contributed by atoms with E-state index in [0.29, 0.717) is 68.3 Å². The third-order valence-corrected chi connectivity index (χ3v) is 12.3. The van der Waals surface area contributed by atoms with Gasteiger partial charge in [0.2, 0.25) is 15.9 Å². The molecule has 45 heavy (non-hydrogen) atoms. The van der Waals surface area contributed by atoms with Crippen molar-refractivity contribution in [3.05, 3.63) is 35.4 Å². The molecule has 3 amide bonds. The van der Waals surface area contributed by atoms with Crippen molar-refractivity contribution in [2.45, 2.75) is 101 Å². The summed E-state index contributed by atoms with van der Waals surface area (Å²) < 4.78 is 28.5. The number of carboxylic acid groups (broad SMARTS) is 1. The first-order chi connectivity index (χ1) is 21.2. The van der Waals surface area contributed by atoms with Crippen molar-refractivity contribution in [2.24, 2.45) is 29.4 Å². The molecule has 4 aliphatic carbocycles. The zero-order chi connectivity index (χ0) is 33.1. The number of unbranched alkanes of at least 4 members (excludes halogenated alkanes) is 1. The second kappa shape index (κ2) is 14.0. The molecule has 0 saturated heterocycles. The highest BCUT2D eigenvalue weighted by molar-refractivity contribution is 7.91. The maximum atomic E-state index is 14.4. The van der Waals surface area contributed by atoms with E-state index >= 15 is 0 Å². The van der Waals surface area contributed by atoms with Crippen LogP contribution in [0.25, 0.3) is 0 Å². The van der Waals surface area contributed by atoms with E-state index in [0.717, 1.165) is 23.6 Å². The van der Waals surface area contributed by atoms with Crippen LogP contribution in [0, 0.1) is 23.7 Å². The Balaban J connectivity index is 1.32. The molecule has 5 N–H and O–H groups in total. The molecule has 4 saturated carbocycles. The van der Waals surface area contributed by atoms with Gasteiger partial charge in [-0.2, -0.15) is 0 Å². The van der Waals surface area contributed by atoms with Crippen LogP contribution in [0.4, 0.5) is 0 Å². The number of nitrogens with one attached hydrogen (secondary N) is 2. The molecule has 5 rings (SSSR count). The molecule has 0 radical (unpaired) electrons. The normalized spacial score (nSPS) is 25.7. The third-order valence-electron chi connectivity index (χ3n) is 9.79. The van der Waals surface area contributed by atoms with Crippen LogP contribution in [0.2, 0.25) is 0 Å². The minimum Gasteiger partial charge on any atom is -0.478 e. The lowest BCUT2D eigenvalue weighted by Crippen LogP contribution is -2.64. The van der Waals surface area contributed by atoms with E-state index in [2.05, 4.69) is 10.6 Å². The van der Waals surface area contributed by atoms with Crippen molar-refractivity contribution in [3.8, 4) is 0 Å². The molecule has 3 atom stereocenters. The molecule has 0 aliphatic heterocycles. The second-order valence-corrected chi connectivity index (χ2v) is 15.8. The number of aromatic carboxylic acids is 1. The number of nitrogens with two attached hydrogens (primary N) is 1. The summed E-state index contributed by atoms with van der Waals surface area (Å²) in [6.45, 7) is 5.12. The lowest BCUT2D eigenvalue weighted by Gasteiger charge is -2.57. The molecular formula is C32H46N4O8S. The highest BCUT2D eigenvalue weighted by Gasteiger charge is 2.60. The zero-order valence-electron chi connectivity index (χ0n) is 26.2. The van der Waals surface area contributed by atoms with Gasteiger partial charge in [0.25, 0.3) is 11.8 Å². The van der Waals surface area contributed by atoms with Gasteiger partial charge in [-0.3, -0.25) is 14.4 Å². The quantitative estimate of drug-likeness (QED) is 0.164. The average Bonchev–Trinajstić information content (AvgIpc) is 2.97. The van der Waals surface area contributed by atoms with Crippen LogP contribution >= 0.6 is 0 Å². The van der Waals surface area contributed by atoms with Crippen molar-refractivity contribution in [2.75, 3.05) is 6.54 Å². The van der Waals surface area contributed by atoms with Crippen LogP contribution in [0.5, 0.6) is 0 Å². The molecule has 1 aromatic rings. The van der Waals surface area contributed by atoms with Crippen molar-refractivity contribution < 1.29 is 37.5 Å². The largest absolute Gasteiger partial charge is 0.478 e. The highest BCUT2D eigenvalue weighted by atomic mass is 32.2. The van der Waals surface area contributed by atoms with Gasteiger partial charge >= 0.3 is 5.97 Å². The van der Waals surface area contributed by atoms with Crippen LogP contribution in [-0.2, 0) is 24.4 Å². The first kappa shape index (κ1) is 34.6. The smallest absolute Gasteiger partial charge is 0.335 e. The van der Waals surface area contributed by atoms with E-state index in [1.807, 2.05) is 0 Å². The van der Waals surface area contributed by atoms with Gasteiger partial charge in [-0.1, -0.05) is 13.8 Å². The van der Waals surface area contributed by atoms with Gasteiger partial charge in [0, 0.05) is 12.1 Å². The SMILES string of the molecule is CC(C)[C@@H](C=O)N(C(=O)[C@H](C)NC(=O)[C@@H](N)CCCCNC(=O)c1ccc(C(=O)O)cc1)S(=O)(=O)C12CC3CC(CC(C3)C1)C2. The Morgan fingerprint density at radius 1 is 0.978 bits per heavy atom. The van der Waals surface area contributed by atoms with Gasteiger partial charge in [0.15, 0.2) is 0 Å². The molecule has 0 aromatic heterocycles. The first-order valence-corrected chi connectivity index (χ1v) is 17.3. The van der Waals surface area contributed by atoms with Crippen LogP contribution in [0.3, 0.4) is 0 Å². The summed E-state index contributed by atoms with van der Waals surface area (Å²) in [4.78, 5) is 62.2. The summed E-state index contributed by atoms with van der Waals surface area (Å²) in [5.41, 5.74) is 6.49. The van der Waals surface area contributed by atoms with Gasteiger partial charge in [-0.15, -0.1) is 0 Å². The molecule has 4 fully saturated rings. The van der Waals surface area contributed by atoms with Crippen molar-refractivity contribution in [1.82, 2.24) is 14.9 Å².